The van der Waals surface area contributed by atoms with Crippen LogP contribution in [-0.4, -0.2) is 34.2 Å². The second-order valence-electron chi connectivity index (χ2n) is 17.0. The van der Waals surface area contributed by atoms with Crippen molar-refractivity contribution in [3.8, 4) is 46.0 Å². The Hall–Kier alpha value is -4.11. The summed E-state index contributed by atoms with van der Waals surface area (Å²) in [5.74, 6) is 6.91. The first-order valence-electron chi connectivity index (χ1n) is 18.9. The highest BCUT2D eigenvalue weighted by Crippen LogP contribution is 2.51. The molecular weight excluding hydrogens is 745 g/mol. The molecule has 0 N–H and O–H groups in total. The molecule has 54 heavy (non-hydrogen) atoms. The highest BCUT2D eigenvalue weighted by atomic mass is 28.4. The number of hydrogen-bond acceptors (Lipinski definition) is 8. The Kier molecular flexibility index (Phi) is 8.32. The van der Waals surface area contributed by atoms with Crippen LogP contribution in [0.15, 0.2) is 37.4 Å². The summed E-state index contributed by atoms with van der Waals surface area (Å²) < 4.78 is 55.8. The molecule has 4 aliphatic heterocycles. The summed E-state index contributed by atoms with van der Waals surface area (Å²) in [6.45, 7) is 31.4. The summed E-state index contributed by atoms with van der Waals surface area (Å²) in [6, 6.07) is 9.29. The molecule has 8 bridgehead atoms. The second-order valence-corrected chi connectivity index (χ2v) is 29.9. The van der Waals surface area contributed by atoms with Crippen LogP contribution in [0.5, 0.6) is 46.0 Å². The molecular formula is C42H52O8Si4. The molecule has 0 atom stereocenters. The smallest absolute Gasteiger partial charge is 0.454 e. The van der Waals surface area contributed by atoms with E-state index in [4.69, 9.17) is 35.4 Å². The Bertz CT molecular complexity index is 1850. The molecule has 4 heterocycles. The summed E-state index contributed by atoms with van der Waals surface area (Å²) in [6.07, 6.45) is 2.61. The second kappa shape index (κ2) is 12.2. The highest BCUT2D eigenvalue weighted by molar-refractivity contribution is 6.67. The van der Waals surface area contributed by atoms with Gasteiger partial charge in [0.1, 0.15) is 46.0 Å². The molecule has 8 nitrogen and oxygen atoms in total. The molecule has 0 saturated heterocycles. The van der Waals surface area contributed by atoms with Gasteiger partial charge < -0.3 is 35.4 Å². The van der Waals surface area contributed by atoms with Crippen molar-refractivity contribution in [2.45, 2.75) is 106 Å². The fourth-order valence-corrected chi connectivity index (χ4v) is 15.1. The van der Waals surface area contributed by atoms with Crippen LogP contribution in [0.4, 0.5) is 0 Å². The van der Waals surface area contributed by atoms with Crippen LogP contribution < -0.4 is 35.4 Å². The Morgan fingerprint density at radius 2 is 0.444 bits per heavy atom. The molecule has 0 aromatic heterocycles. The minimum Gasteiger partial charge on any atom is -0.511 e. The first kappa shape index (κ1) is 36.8. The lowest BCUT2D eigenvalue weighted by Crippen LogP contribution is -2.46. The van der Waals surface area contributed by atoms with Crippen LogP contribution in [-0.2, 0) is 25.7 Å². The first-order valence-corrected chi connectivity index (χ1v) is 30.2. The van der Waals surface area contributed by atoms with Gasteiger partial charge in [0.05, 0.1) is 0 Å². The van der Waals surface area contributed by atoms with Gasteiger partial charge in [0.15, 0.2) is 0 Å². The van der Waals surface area contributed by atoms with Crippen molar-refractivity contribution in [2.75, 3.05) is 0 Å². The van der Waals surface area contributed by atoms with E-state index in [1.165, 1.54) is 0 Å². The van der Waals surface area contributed by atoms with E-state index in [9.17, 15) is 0 Å². The lowest BCUT2D eigenvalue weighted by atomic mass is 9.88. The summed E-state index contributed by atoms with van der Waals surface area (Å²) in [4.78, 5) is 0. The largest absolute Gasteiger partial charge is 0.511 e. The van der Waals surface area contributed by atoms with E-state index >= 15 is 0 Å². The Balaban J connectivity index is 0.00000203. The SMILES string of the molecule is C=C.Cc1c2c3cc4c1O[Si](C)(C)Oc1c(cc5c(c1C)O[Si](C)(C)Oc1c(cc6c(c1C)O[Si](C)(C)Oc1c(cc(c(c1C)O[Si](C)(C)O2)C3)C6)C5)C4. The van der Waals surface area contributed by atoms with Gasteiger partial charge in [-0.1, -0.05) is 0 Å². The van der Waals surface area contributed by atoms with E-state index in [0.717, 1.165) is 113 Å². The average Bonchev–Trinajstić information content (AvgIpc) is 3.06. The van der Waals surface area contributed by atoms with Gasteiger partial charge in [0.2, 0.25) is 0 Å². The zero-order chi connectivity index (χ0) is 38.9. The summed E-state index contributed by atoms with van der Waals surface area (Å²) >= 11 is 0. The minimum atomic E-state index is -2.77. The summed E-state index contributed by atoms with van der Waals surface area (Å²) in [5, 5.41) is 0. The summed E-state index contributed by atoms with van der Waals surface area (Å²) in [7, 11) is -11.1. The highest BCUT2D eigenvalue weighted by Gasteiger charge is 2.43. The molecule has 0 radical (unpaired) electrons. The van der Waals surface area contributed by atoms with Crippen molar-refractivity contribution >= 4 is 34.2 Å². The van der Waals surface area contributed by atoms with Crippen LogP contribution in [0.25, 0.3) is 0 Å². The third kappa shape index (κ3) is 6.05. The summed E-state index contributed by atoms with van der Waals surface area (Å²) in [5.41, 5.74) is 13.1. The van der Waals surface area contributed by atoms with Gasteiger partial charge >= 0.3 is 34.2 Å². The standard InChI is InChI=1S/C40H48O8Si4.C2H4/c1-21-33-25-13-26-18-28-15-30-20-32-16-31-19-29-14-27(17-25)35(43-49(5,6)41-33)22(2)37(29)45-51(9,10)47-39(31)24(4)40(32)48-52(11,12)46-38(30)23(3)36(28)44-50(7,8)42-34(21)26;1-2/h13-16H,17-20H2,1-12H3;1-2H2. The predicted octanol–water partition coefficient (Wildman–Crippen LogP) is 10.3. The van der Waals surface area contributed by atoms with Gasteiger partial charge in [-0.25, -0.2) is 0 Å². The van der Waals surface area contributed by atoms with Gasteiger partial charge in [-0.05, 0) is 96.5 Å². The third-order valence-corrected chi connectivity index (χ3v) is 16.3. The maximum absolute atomic E-state index is 6.98. The van der Waals surface area contributed by atoms with E-state index in [1.807, 2.05) is 0 Å². The van der Waals surface area contributed by atoms with E-state index in [0.29, 0.717) is 25.7 Å². The average molecular weight is 797 g/mol. The van der Waals surface area contributed by atoms with Gasteiger partial charge in [-0.3, -0.25) is 0 Å². The number of rotatable bonds is 0. The molecule has 1 aliphatic carbocycles. The molecule has 0 amide bonds. The predicted molar refractivity (Wildman–Crippen MR) is 222 cm³/mol. The van der Waals surface area contributed by atoms with Crippen LogP contribution >= 0.6 is 0 Å². The van der Waals surface area contributed by atoms with Crippen molar-refractivity contribution in [3.05, 3.63) is 104 Å². The van der Waals surface area contributed by atoms with Crippen molar-refractivity contribution in [1.29, 1.82) is 0 Å². The normalized spacial score (nSPS) is 19.3. The van der Waals surface area contributed by atoms with E-state index in [1.54, 1.807) is 0 Å². The molecule has 9 rings (SSSR count). The topological polar surface area (TPSA) is 73.8 Å². The zero-order valence-corrected chi connectivity index (χ0v) is 37.8. The molecule has 0 saturated carbocycles. The van der Waals surface area contributed by atoms with Crippen LogP contribution in [0.1, 0.15) is 66.8 Å². The fraction of sp³-hybridized carbons (Fsp3) is 0.381. The van der Waals surface area contributed by atoms with Gasteiger partial charge in [0.25, 0.3) is 0 Å². The molecule has 12 heteroatoms. The molecule has 5 aliphatic rings. The van der Waals surface area contributed by atoms with E-state index < -0.39 is 34.2 Å². The van der Waals surface area contributed by atoms with Gasteiger partial charge in [-0.15, -0.1) is 13.2 Å². The molecule has 4 aromatic carbocycles. The maximum Gasteiger partial charge on any atom is 0.454 e. The lowest BCUT2D eigenvalue weighted by molar-refractivity contribution is 0.363. The Morgan fingerprint density at radius 1 is 0.315 bits per heavy atom. The first-order chi connectivity index (χ1) is 25.3. The quantitative estimate of drug-likeness (QED) is 0.113. The fourth-order valence-electron chi connectivity index (χ4n) is 8.76. The van der Waals surface area contributed by atoms with E-state index in [2.05, 4.69) is 117 Å². The van der Waals surface area contributed by atoms with Crippen LogP contribution in [0.2, 0.25) is 52.4 Å². The molecule has 284 valence electrons. The zero-order valence-electron chi connectivity index (χ0n) is 33.8. The molecule has 0 fully saturated rings. The number of benzene rings is 4. The Morgan fingerprint density at radius 3 is 0.574 bits per heavy atom. The monoisotopic (exact) mass is 796 g/mol. The van der Waals surface area contributed by atoms with Gasteiger partial charge in [0, 0.05) is 100 Å². The van der Waals surface area contributed by atoms with Crippen molar-refractivity contribution < 1.29 is 35.4 Å². The lowest BCUT2D eigenvalue weighted by Gasteiger charge is -2.38. The van der Waals surface area contributed by atoms with Crippen molar-refractivity contribution in [1.82, 2.24) is 0 Å². The van der Waals surface area contributed by atoms with E-state index in [-0.39, 0.29) is 0 Å². The maximum atomic E-state index is 6.98. The van der Waals surface area contributed by atoms with Gasteiger partial charge in [-0.2, -0.15) is 0 Å². The molecule has 0 spiro atoms. The number of hydrogen-bond donors (Lipinski definition) is 0. The van der Waals surface area contributed by atoms with Crippen molar-refractivity contribution in [3.63, 3.8) is 0 Å². The van der Waals surface area contributed by atoms with Crippen LogP contribution in [0, 0.1) is 27.7 Å². The molecule has 0 unspecified atom stereocenters. The Labute approximate surface area is 324 Å². The minimum absolute atomic E-state index is 0.652. The third-order valence-electron chi connectivity index (χ3n) is 10.8. The van der Waals surface area contributed by atoms with Crippen LogP contribution in [0.3, 0.4) is 0 Å². The molecule has 4 aromatic rings. The van der Waals surface area contributed by atoms with Crippen molar-refractivity contribution in [2.24, 2.45) is 0 Å².